The highest BCUT2D eigenvalue weighted by atomic mass is 32.2. The predicted molar refractivity (Wildman–Crippen MR) is 70.3 cm³/mol. The molecule has 1 aromatic carbocycles. The van der Waals surface area contributed by atoms with Crippen LogP contribution in [0.25, 0.3) is 0 Å². The van der Waals surface area contributed by atoms with Gasteiger partial charge in [-0.25, -0.2) is 13.1 Å². The fourth-order valence-electron chi connectivity index (χ4n) is 1.41. The van der Waals surface area contributed by atoms with Crippen LogP contribution in [-0.4, -0.2) is 14.0 Å². The number of hydrogen-bond donors (Lipinski definition) is 2. The van der Waals surface area contributed by atoms with Gasteiger partial charge in [0.05, 0.1) is 4.90 Å². The van der Waals surface area contributed by atoms with E-state index in [1.54, 1.807) is 25.1 Å². The molecule has 0 saturated carbocycles. The Bertz CT molecular complexity index is 507. The number of benzene rings is 1. The maximum atomic E-state index is 12.2. The van der Waals surface area contributed by atoms with Crippen molar-refractivity contribution in [1.82, 2.24) is 4.72 Å². The molecule has 0 unspecified atom stereocenters. The van der Waals surface area contributed by atoms with Crippen LogP contribution in [0.15, 0.2) is 23.1 Å². The minimum absolute atomic E-state index is 0.249. The molecule has 0 aliphatic carbocycles. The van der Waals surface area contributed by atoms with Crippen LogP contribution in [0.3, 0.4) is 0 Å². The molecule has 1 aromatic rings. The Kier molecular flexibility index (Phi) is 3.84. The third kappa shape index (κ3) is 3.20. The molecule has 0 aromatic heterocycles. The van der Waals surface area contributed by atoms with E-state index < -0.39 is 15.6 Å². The van der Waals surface area contributed by atoms with Crippen molar-refractivity contribution < 1.29 is 8.42 Å². The van der Waals surface area contributed by atoms with Crippen LogP contribution in [0.1, 0.15) is 32.8 Å². The van der Waals surface area contributed by atoms with Crippen molar-refractivity contribution in [2.45, 2.75) is 44.6 Å². The van der Waals surface area contributed by atoms with Crippen LogP contribution in [0.4, 0.5) is 5.69 Å². The highest BCUT2D eigenvalue weighted by Gasteiger charge is 2.25. The first kappa shape index (κ1) is 14.0. The fraction of sp³-hybridized carbons (Fsp3) is 0.500. The molecule has 0 aliphatic heterocycles. The third-order valence-electron chi connectivity index (χ3n) is 2.91. The van der Waals surface area contributed by atoms with Gasteiger partial charge in [-0.1, -0.05) is 13.0 Å². The molecule has 0 fully saturated rings. The molecule has 4 nitrogen and oxygen atoms in total. The molecule has 0 saturated heterocycles. The van der Waals surface area contributed by atoms with Gasteiger partial charge in [0.25, 0.3) is 0 Å². The zero-order valence-corrected chi connectivity index (χ0v) is 11.6. The molecule has 0 amide bonds. The Balaban J connectivity index is 3.19. The summed E-state index contributed by atoms with van der Waals surface area (Å²) < 4.78 is 27.1. The largest absolute Gasteiger partial charge is 0.398 e. The van der Waals surface area contributed by atoms with Crippen molar-refractivity contribution in [3.05, 3.63) is 23.8 Å². The first-order chi connectivity index (χ1) is 7.69. The van der Waals surface area contributed by atoms with Gasteiger partial charge in [0.2, 0.25) is 10.0 Å². The predicted octanol–water partition coefficient (Wildman–Crippen LogP) is 2.04. The number of rotatable bonds is 4. The monoisotopic (exact) mass is 256 g/mol. The normalized spacial score (nSPS) is 12.7. The Hall–Kier alpha value is -1.07. The van der Waals surface area contributed by atoms with Gasteiger partial charge in [-0.15, -0.1) is 0 Å². The summed E-state index contributed by atoms with van der Waals surface area (Å²) in [5, 5.41) is 0. The van der Waals surface area contributed by atoms with E-state index in [0.717, 1.165) is 0 Å². The zero-order chi connectivity index (χ0) is 13.3. The lowest BCUT2D eigenvalue weighted by molar-refractivity contribution is 0.439. The Morgan fingerprint density at radius 1 is 1.35 bits per heavy atom. The summed E-state index contributed by atoms with van der Waals surface area (Å²) in [6.07, 6.45) is 0.716. The Morgan fingerprint density at radius 2 is 1.94 bits per heavy atom. The van der Waals surface area contributed by atoms with E-state index >= 15 is 0 Å². The number of hydrogen-bond acceptors (Lipinski definition) is 3. The minimum Gasteiger partial charge on any atom is -0.398 e. The van der Waals surface area contributed by atoms with Crippen molar-refractivity contribution in [3.8, 4) is 0 Å². The Morgan fingerprint density at radius 3 is 2.47 bits per heavy atom. The second-order valence-electron chi connectivity index (χ2n) is 4.81. The summed E-state index contributed by atoms with van der Waals surface area (Å²) >= 11 is 0. The van der Waals surface area contributed by atoms with Gasteiger partial charge in [-0.3, -0.25) is 0 Å². The van der Waals surface area contributed by atoms with Gasteiger partial charge in [-0.2, -0.15) is 0 Å². The van der Waals surface area contributed by atoms with Crippen molar-refractivity contribution in [2.75, 3.05) is 5.73 Å². The molecule has 0 spiro atoms. The summed E-state index contributed by atoms with van der Waals surface area (Å²) in [6, 6.07) is 4.91. The molecule has 5 heteroatoms. The quantitative estimate of drug-likeness (QED) is 0.810. The summed E-state index contributed by atoms with van der Waals surface area (Å²) in [6.45, 7) is 7.36. The Labute approximate surface area is 103 Å². The second kappa shape index (κ2) is 4.66. The average molecular weight is 256 g/mol. The molecule has 17 heavy (non-hydrogen) atoms. The summed E-state index contributed by atoms with van der Waals surface area (Å²) in [7, 11) is -3.51. The molecule has 1 rings (SSSR count). The van der Waals surface area contributed by atoms with Crippen molar-refractivity contribution in [2.24, 2.45) is 0 Å². The van der Waals surface area contributed by atoms with Gasteiger partial charge in [0.1, 0.15) is 0 Å². The van der Waals surface area contributed by atoms with Crippen LogP contribution in [0.5, 0.6) is 0 Å². The summed E-state index contributed by atoms with van der Waals surface area (Å²) in [4.78, 5) is 0.249. The maximum absolute atomic E-state index is 12.2. The fourth-order valence-corrected chi connectivity index (χ4v) is 3.17. The van der Waals surface area contributed by atoms with Gasteiger partial charge < -0.3 is 5.73 Å². The molecule has 0 heterocycles. The number of nitrogens with one attached hydrogen (secondary N) is 1. The molecule has 96 valence electrons. The topological polar surface area (TPSA) is 72.2 Å². The maximum Gasteiger partial charge on any atom is 0.241 e. The first-order valence-electron chi connectivity index (χ1n) is 5.58. The average Bonchev–Trinajstić information content (AvgIpc) is 2.20. The van der Waals surface area contributed by atoms with E-state index in [0.29, 0.717) is 17.7 Å². The van der Waals surface area contributed by atoms with E-state index in [2.05, 4.69) is 4.72 Å². The zero-order valence-electron chi connectivity index (χ0n) is 10.7. The molecule has 0 bridgehead atoms. The number of anilines is 1. The van der Waals surface area contributed by atoms with Crippen molar-refractivity contribution in [3.63, 3.8) is 0 Å². The highest BCUT2D eigenvalue weighted by Crippen LogP contribution is 2.22. The van der Waals surface area contributed by atoms with E-state index in [9.17, 15) is 8.42 Å². The lowest BCUT2D eigenvalue weighted by atomic mass is 10.0. The van der Waals surface area contributed by atoms with Crippen LogP contribution < -0.4 is 10.5 Å². The third-order valence-corrected chi connectivity index (χ3v) is 4.75. The highest BCUT2D eigenvalue weighted by molar-refractivity contribution is 7.89. The summed E-state index contributed by atoms with van der Waals surface area (Å²) in [5.74, 6) is 0. The number of nitrogen functional groups attached to an aromatic ring is 1. The van der Waals surface area contributed by atoms with Crippen LogP contribution in [-0.2, 0) is 10.0 Å². The molecule has 0 aliphatic rings. The number of sulfonamides is 1. The standard InChI is InChI=1S/C12H20N2O2S/c1-5-12(3,4)14-17(15,16)11-8-6-7-10(13)9(11)2/h6-8,14H,5,13H2,1-4H3. The molecule has 3 N–H and O–H groups in total. The SMILES string of the molecule is CCC(C)(C)NS(=O)(=O)c1cccc(N)c1C. The second-order valence-corrected chi connectivity index (χ2v) is 6.46. The van der Waals surface area contributed by atoms with Crippen LogP contribution >= 0.6 is 0 Å². The van der Waals surface area contributed by atoms with E-state index in [-0.39, 0.29) is 4.90 Å². The van der Waals surface area contributed by atoms with Gasteiger partial charge in [-0.05, 0) is 44.9 Å². The molecule has 0 radical (unpaired) electrons. The van der Waals surface area contributed by atoms with E-state index in [1.165, 1.54) is 0 Å². The molecular formula is C12H20N2O2S. The smallest absolute Gasteiger partial charge is 0.241 e. The van der Waals surface area contributed by atoms with Crippen LogP contribution in [0, 0.1) is 6.92 Å². The van der Waals surface area contributed by atoms with Crippen molar-refractivity contribution in [1.29, 1.82) is 0 Å². The van der Waals surface area contributed by atoms with Crippen molar-refractivity contribution >= 4 is 15.7 Å². The number of nitrogens with two attached hydrogens (primary N) is 1. The minimum atomic E-state index is -3.51. The van der Waals surface area contributed by atoms with Gasteiger partial charge in [0.15, 0.2) is 0 Å². The van der Waals surface area contributed by atoms with Crippen LogP contribution in [0.2, 0.25) is 0 Å². The van der Waals surface area contributed by atoms with Gasteiger partial charge in [0, 0.05) is 11.2 Å². The molecular weight excluding hydrogens is 236 g/mol. The van der Waals surface area contributed by atoms with E-state index in [1.807, 2.05) is 20.8 Å². The molecule has 0 atom stereocenters. The lowest BCUT2D eigenvalue weighted by Crippen LogP contribution is -2.42. The first-order valence-corrected chi connectivity index (χ1v) is 7.07. The van der Waals surface area contributed by atoms with E-state index in [4.69, 9.17) is 5.73 Å². The summed E-state index contributed by atoms with van der Waals surface area (Å²) in [5.41, 5.74) is 6.34. The van der Waals surface area contributed by atoms with Gasteiger partial charge >= 0.3 is 0 Å². The lowest BCUT2D eigenvalue weighted by Gasteiger charge is -2.24.